The fraction of sp³-hybridized carbons (Fsp3) is 0.0625. The first-order valence-electron chi connectivity index (χ1n) is 6.53. The number of carboxylic acid groups (broad SMARTS) is 1. The van der Waals surface area contributed by atoms with Crippen LogP contribution in [0.15, 0.2) is 24.3 Å². The third-order valence-electron chi connectivity index (χ3n) is 3.24. The molecule has 0 aliphatic heterocycles. The average molecular weight is 338 g/mol. The largest absolute Gasteiger partial charge is 1.00 e. The molecule has 4 N–H and O–H groups in total. The molecule has 1 aliphatic carbocycles. The van der Waals surface area contributed by atoms with Crippen LogP contribution in [-0.4, -0.2) is 38.0 Å². The monoisotopic (exact) mass is 338 g/mol. The number of aliphatic carboxylic acids is 1. The van der Waals surface area contributed by atoms with Gasteiger partial charge in [-0.25, -0.2) is 0 Å². The van der Waals surface area contributed by atoms with Crippen molar-refractivity contribution in [2.45, 2.75) is 6.92 Å². The molecule has 0 atom stereocenters. The van der Waals surface area contributed by atoms with Crippen LogP contribution in [0.1, 0.15) is 38.8 Å². The Morgan fingerprint density at radius 1 is 0.800 bits per heavy atom. The van der Waals surface area contributed by atoms with Crippen molar-refractivity contribution in [1.82, 2.24) is 0 Å². The fourth-order valence-electron chi connectivity index (χ4n) is 2.30. The molecule has 0 saturated carbocycles. The normalized spacial score (nSPS) is 11.4. The molecule has 0 amide bonds. The van der Waals surface area contributed by atoms with Crippen molar-refractivity contribution in [3.8, 4) is 23.0 Å². The number of aromatic hydroxyl groups is 4. The number of ketones is 2. The molecular weight excluding hydrogens is 327 g/mol. The maximum atomic E-state index is 12.3. The van der Waals surface area contributed by atoms with Gasteiger partial charge >= 0.3 is 18.9 Å². The van der Waals surface area contributed by atoms with Crippen molar-refractivity contribution in [2.75, 3.05) is 0 Å². The van der Waals surface area contributed by atoms with E-state index in [1.807, 2.05) is 0 Å². The van der Waals surface area contributed by atoms with Crippen LogP contribution in [-0.2, 0) is 4.79 Å². The number of hydrogen-bond acceptors (Lipinski definition) is 8. The van der Waals surface area contributed by atoms with E-state index in [4.69, 9.17) is 9.90 Å². The minimum absolute atomic E-state index is 0. The number of phenols is 4. The summed E-state index contributed by atoms with van der Waals surface area (Å²) in [6.45, 7) is 0.972. The summed E-state index contributed by atoms with van der Waals surface area (Å²) in [5.41, 5.74) is -1.22. The molecule has 124 valence electrons. The zero-order valence-electron chi connectivity index (χ0n) is 13.2. The quantitative estimate of drug-likeness (QED) is 0.193. The van der Waals surface area contributed by atoms with Gasteiger partial charge in [0.1, 0.15) is 11.5 Å². The van der Waals surface area contributed by atoms with Gasteiger partial charge in [-0.3, -0.25) is 9.59 Å². The number of carboxylic acids is 1. The van der Waals surface area contributed by atoms with Gasteiger partial charge in [-0.05, 0) is 31.2 Å². The van der Waals surface area contributed by atoms with Gasteiger partial charge in [0, 0.05) is 11.5 Å². The molecule has 0 unspecified atom stereocenters. The van der Waals surface area contributed by atoms with Gasteiger partial charge in [0.05, 0.1) is 16.7 Å². The third-order valence-corrected chi connectivity index (χ3v) is 3.24. The molecule has 25 heavy (non-hydrogen) atoms. The topological polar surface area (TPSA) is 155 Å². The molecule has 9 heteroatoms. The van der Waals surface area contributed by atoms with Gasteiger partial charge in [0.2, 0.25) is 5.78 Å². The summed E-state index contributed by atoms with van der Waals surface area (Å²) in [5, 5.41) is 47.5. The van der Waals surface area contributed by atoms with E-state index in [0.29, 0.717) is 0 Å². The van der Waals surface area contributed by atoms with Crippen LogP contribution in [0, 0.1) is 0 Å². The number of phenolic OH excluding ortho intramolecular Hbond substituents is 4. The molecule has 0 saturated heterocycles. The Morgan fingerprint density at radius 3 is 1.68 bits per heavy atom. The van der Waals surface area contributed by atoms with Gasteiger partial charge in [-0.15, -0.1) is 0 Å². The van der Waals surface area contributed by atoms with Gasteiger partial charge in [0.15, 0.2) is 17.3 Å². The van der Waals surface area contributed by atoms with E-state index < -0.39 is 40.5 Å². The summed E-state index contributed by atoms with van der Waals surface area (Å²) in [5.74, 6) is -4.82. The van der Waals surface area contributed by atoms with Crippen LogP contribution >= 0.6 is 0 Å². The summed E-state index contributed by atoms with van der Waals surface area (Å²) < 4.78 is 0. The van der Waals surface area contributed by atoms with Crippen LogP contribution in [0.3, 0.4) is 0 Å². The SMILES string of the molecule is CC(=O)[O-].O=C1c2ccc(O)c(O)c2C(=O)c2c(O)ccc(O)c21.[Li+]. The molecule has 3 rings (SSSR count). The zero-order valence-corrected chi connectivity index (χ0v) is 13.2. The van der Waals surface area contributed by atoms with Crippen molar-refractivity contribution in [3.63, 3.8) is 0 Å². The molecular formula is C16H11LiO8. The van der Waals surface area contributed by atoms with Crippen molar-refractivity contribution in [1.29, 1.82) is 0 Å². The second-order valence-corrected chi connectivity index (χ2v) is 4.86. The summed E-state index contributed by atoms with van der Waals surface area (Å²) >= 11 is 0. The maximum absolute atomic E-state index is 12.3. The fourth-order valence-corrected chi connectivity index (χ4v) is 2.30. The molecule has 0 heterocycles. The molecule has 0 aromatic heterocycles. The van der Waals surface area contributed by atoms with Crippen LogP contribution in [0.5, 0.6) is 23.0 Å². The molecule has 2 aromatic rings. The van der Waals surface area contributed by atoms with Crippen LogP contribution in [0.25, 0.3) is 0 Å². The average Bonchev–Trinajstić information content (AvgIpc) is 2.49. The first-order chi connectivity index (χ1) is 11.2. The number of benzene rings is 2. The van der Waals surface area contributed by atoms with E-state index in [2.05, 4.69) is 0 Å². The van der Waals surface area contributed by atoms with E-state index >= 15 is 0 Å². The van der Waals surface area contributed by atoms with Crippen molar-refractivity contribution in [3.05, 3.63) is 46.5 Å². The standard InChI is InChI=1S/C14H8O6.C2H4O2.Li/c15-6-3-4-7(16)11-10(6)12(18)5-1-2-8(17)13(19)9(5)14(11)20;1-2(3)4;/h1-4,15-17,19H;1H3,(H,3,4);/q;;+1/p-1. The van der Waals surface area contributed by atoms with E-state index in [9.17, 15) is 30.0 Å². The first kappa shape index (κ1) is 20.1. The van der Waals surface area contributed by atoms with Gasteiger partial charge in [-0.1, -0.05) is 0 Å². The van der Waals surface area contributed by atoms with Crippen LogP contribution < -0.4 is 24.0 Å². The Morgan fingerprint density at radius 2 is 1.20 bits per heavy atom. The Balaban J connectivity index is 0.000000568. The predicted octanol–water partition coefficient (Wildman–Crippen LogP) is -2.96. The molecule has 0 spiro atoms. The van der Waals surface area contributed by atoms with Crippen molar-refractivity contribution < 1.29 is 58.8 Å². The molecule has 0 fully saturated rings. The Bertz CT molecular complexity index is 880. The van der Waals surface area contributed by atoms with Crippen LogP contribution in [0.4, 0.5) is 0 Å². The van der Waals surface area contributed by atoms with E-state index in [0.717, 1.165) is 25.1 Å². The minimum atomic E-state index is -1.08. The number of fused-ring (bicyclic) bond motifs is 2. The van der Waals surface area contributed by atoms with Gasteiger partial charge in [-0.2, -0.15) is 0 Å². The molecule has 0 bridgehead atoms. The second-order valence-electron chi connectivity index (χ2n) is 4.86. The Labute approximate surface area is 153 Å². The van der Waals surface area contributed by atoms with E-state index in [1.54, 1.807) is 0 Å². The van der Waals surface area contributed by atoms with Gasteiger partial charge in [0.25, 0.3) is 0 Å². The molecule has 8 nitrogen and oxygen atoms in total. The number of hydrogen-bond donors (Lipinski definition) is 4. The van der Waals surface area contributed by atoms with Crippen molar-refractivity contribution >= 4 is 17.5 Å². The minimum Gasteiger partial charge on any atom is -0.550 e. The number of rotatable bonds is 0. The summed E-state index contributed by atoms with van der Waals surface area (Å²) in [6, 6.07) is 4.43. The Kier molecular flexibility index (Phi) is 5.86. The first-order valence-corrected chi connectivity index (χ1v) is 6.53. The van der Waals surface area contributed by atoms with Crippen molar-refractivity contribution in [2.24, 2.45) is 0 Å². The number of carbonyl (C=O) groups excluding carboxylic acids is 3. The van der Waals surface area contributed by atoms with Crippen LogP contribution in [0.2, 0.25) is 0 Å². The third kappa shape index (κ3) is 3.45. The maximum Gasteiger partial charge on any atom is 1.00 e. The smallest absolute Gasteiger partial charge is 0.550 e. The predicted molar refractivity (Wildman–Crippen MR) is 77.1 cm³/mol. The summed E-state index contributed by atoms with van der Waals surface area (Å²) in [4.78, 5) is 33.5. The molecule has 1 aliphatic rings. The number of carbonyl (C=O) groups is 3. The molecule has 2 aromatic carbocycles. The Hall–Kier alpha value is -2.95. The van der Waals surface area contributed by atoms with Gasteiger partial charge < -0.3 is 30.3 Å². The summed E-state index contributed by atoms with van der Waals surface area (Å²) in [6.07, 6.45) is 0. The summed E-state index contributed by atoms with van der Waals surface area (Å²) in [7, 11) is 0. The second kappa shape index (κ2) is 7.30. The molecule has 0 radical (unpaired) electrons. The van der Waals surface area contributed by atoms with E-state index in [1.165, 1.54) is 6.07 Å². The zero-order chi connectivity index (χ0) is 18.2. The van der Waals surface area contributed by atoms with E-state index in [-0.39, 0.29) is 41.1 Å².